The van der Waals surface area contributed by atoms with E-state index in [0.29, 0.717) is 12.6 Å². The summed E-state index contributed by atoms with van der Waals surface area (Å²) in [5, 5.41) is 6.01. The lowest BCUT2D eigenvalue weighted by molar-refractivity contribution is -0.901. The second kappa shape index (κ2) is 9.17. The fraction of sp³-hybridized carbons (Fsp3) is 0.381. The number of likely N-dealkylation sites (tertiary alicyclic amines) is 1. The Morgan fingerprint density at radius 2 is 1.96 bits per heavy atom. The summed E-state index contributed by atoms with van der Waals surface area (Å²) in [7, 11) is 0. The number of quaternary nitrogens is 2. The van der Waals surface area contributed by atoms with E-state index in [1.807, 2.05) is 30.3 Å². The Balaban J connectivity index is 1.39. The molecule has 0 aliphatic carbocycles. The fourth-order valence-corrected chi connectivity index (χ4v) is 3.70. The van der Waals surface area contributed by atoms with E-state index in [0.717, 1.165) is 31.1 Å². The van der Waals surface area contributed by atoms with Crippen LogP contribution in [-0.2, 0) is 11.3 Å². The average molecular weight is 374 g/mol. The van der Waals surface area contributed by atoms with Crippen molar-refractivity contribution in [2.75, 3.05) is 19.6 Å². The molecule has 1 saturated heterocycles. The largest absolute Gasteiger partial charge is 0.343 e. The maximum atomic E-state index is 12.3. The van der Waals surface area contributed by atoms with E-state index in [9.17, 15) is 4.79 Å². The van der Waals surface area contributed by atoms with Gasteiger partial charge in [-0.1, -0.05) is 54.1 Å². The molecule has 138 valence electrons. The molecule has 4 N–H and O–H groups in total. The first kappa shape index (κ1) is 18.9. The van der Waals surface area contributed by atoms with E-state index in [4.69, 9.17) is 11.6 Å². The van der Waals surface area contributed by atoms with Gasteiger partial charge in [0.25, 0.3) is 5.91 Å². The summed E-state index contributed by atoms with van der Waals surface area (Å²) in [6.07, 6.45) is 1.06. The van der Waals surface area contributed by atoms with Gasteiger partial charge in [-0.05, 0) is 19.1 Å². The molecule has 1 heterocycles. The third-order valence-electron chi connectivity index (χ3n) is 5.10. The minimum atomic E-state index is 0.122. The minimum Gasteiger partial charge on any atom is -0.343 e. The topological polar surface area (TPSA) is 50.1 Å². The summed E-state index contributed by atoms with van der Waals surface area (Å²) in [6.45, 7) is 5.72. The molecule has 26 heavy (non-hydrogen) atoms. The smallest absolute Gasteiger partial charge is 0.275 e. The quantitative estimate of drug-likeness (QED) is 0.664. The van der Waals surface area contributed by atoms with Gasteiger partial charge in [0, 0.05) is 22.6 Å². The standard InChI is InChI=1S/C21H26ClN3O/c1-16(18-7-9-19(22)10-8-18)23-13-21(26)24-20-11-12-25(15-20)14-17-5-3-2-4-6-17/h2-10,16,20,23H,11-15H2,1H3,(H,24,26)/p+2/t16-,20+/m1/s1. The Hall–Kier alpha value is -1.88. The molecule has 1 unspecified atom stereocenters. The number of halogens is 1. The molecule has 1 amide bonds. The molecule has 0 saturated carbocycles. The van der Waals surface area contributed by atoms with Crippen molar-refractivity contribution in [2.24, 2.45) is 0 Å². The Bertz CT molecular complexity index is 705. The Labute approximate surface area is 160 Å². The summed E-state index contributed by atoms with van der Waals surface area (Å²) >= 11 is 5.93. The van der Waals surface area contributed by atoms with Crippen molar-refractivity contribution in [1.82, 2.24) is 5.32 Å². The van der Waals surface area contributed by atoms with Gasteiger partial charge in [0.15, 0.2) is 6.54 Å². The SMILES string of the molecule is C[C@@H]([NH2+]CC(=O)N[C@H]1CC[NH+](Cc2ccccc2)C1)c1ccc(Cl)cc1. The van der Waals surface area contributed by atoms with Gasteiger partial charge in [0.1, 0.15) is 12.6 Å². The van der Waals surface area contributed by atoms with E-state index in [-0.39, 0.29) is 11.9 Å². The Kier molecular flexibility index (Phi) is 6.67. The van der Waals surface area contributed by atoms with Crippen LogP contribution in [0.4, 0.5) is 0 Å². The zero-order chi connectivity index (χ0) is 18.4. The van der Waals surface area contributed by atoms with Gasteiger partial charge in [-0.3, -0.25) is 4.79 Å². The number of nitrogens with one attached hydrogen (secondary N) is 2. The summed E-state index contributed by atoms with van der Waals surface area (Å²) in [6, 6.07) is 18.9. The Morgan fingerprint density at radius 1 is 1.23 bits per heavy atom. The Morgan fingerprint density at radius 3 is 2.69 bits per heavy atom. The lowest BCUT2D eigenvalue weighted by atomic mass is 10.1. The van der Waals surface area contributed by atoms with Crippen molar-refractivity contribution in [3.8, 4) is 0 Å². The van der Waals surface area contributed by atoms with E-state index >= 15 is 0 Å². The lowest BCUT2D eigenvalue weighted by Gasteiger charge is -2.15. The van der Waals surface area contributed by atoms with Crippen LogP contribution < -0.4 is 15.5 Å². The number of carbonyl (C=O) groups is 1. The predicted octanol–water partition coefficient (Wildman–Crippen LogP) is 0.938. The van der Waals surface area contributed by atoms with Gasteiger partial charge in [0.2, 0.25) is 0 Å². The summed E-state index contributed by atoms with van der Waals surface area (Å²) in [5.74, 6) is 0.122. The number of benzene rings is 2. The summed E-state index contributed by atoms with van der Waals surface area (Å²) in [4.78, 5) is 13.8. The molecule has 1 aliphatic rings. The van der Waals surface area contributed by atoms with Crippen molar-refractivity contribution in [1.29, 1.82) is 0 Å². The molecule has 2 aromatic carbocycles. The van der Waals surface area contributed by atoms with Gasteiger partial charge in [0.05, 0.1) is 19.1 Å². The van der Waals surface area contributed by atoms with Crippen molar-refractivity contribution in [3.63, 3.8) is 0 Å². The maximum absolute atomic E-state index is 12.3. The van der Waals surface area contributed by atoms with Gasteiger partial charge >= 0.3 is 0 Å². The molecule has 4 nitrogen and oxygen atoms in total. The molecule has 3 rings (SSSR count). The average Bonchev–Trinajstić information content (AvgIpc) is 3.08. The van der Waals surface area contributed by atoms with Crippen molar-refractivity contribution >= 4 is 17.5 Å². The molecular weight excluding hydrogens is 346 g/mol. The summed E-state index contributed by atoms with van der Waals surface area (Å²) < 4.78 is 0. The fourth-order valence-electron chi connectivity index (χ4n) is 3.57. The third-order valence-corrected chi connectivity index (χ3v) is 5.35. The first-order chi connectivity index (χ1) is 12.6. The monoisotopic (exact) mass is 373 g/mol. The highest BCUT2D eigenvalue weighted by Gasteiger charge is 2.27. The van der Waals surface area contributed by atoms with Crippen LogP contribution in [0, 0.1) is 0 Å². The van der Waals surface area contributed by atoms with Crippen LogP contribution in [0.25, 0.3) is 0 Å². The summed E-state index contributed by atoms with van der Waals surface area (Å²) in [5.41, 5.74) is 2.54. The minimum absolute atomic E-state index is 0.122. The highest BCUT2D eigenvalue weighted by molar-refractivity contribution is 6.30. The van der Waals surface area contributed by atoms with Crippen LogP contribution in [0.2, 0.25) is 5.02 Å². The second-order valence-corrected chi connectivity index (χ2v) is 7.64. The zero-order valence-electron chi connectivity index (χ0n) is 15.2. The van der Waals surface area contributed by atoms with Crippen molar-refractivity contribution < 1.29 is 15.0 Å². The first-order valence-corrected chi connectivity index (χ1v) is 9.73. The molecule has 0 aromatic heterocycles. The molecule has 1 fully saturated rings. The maximum Gasteiger partial charge on any atom is 0.275 e. The number of nitrogens with two attached hydrogens (primary N) is 1. The highest BCUT2D eigenvalue weighted by Crippen LogP contribution is 2.13. The van der Waals surface area contributed by atoms with E-state index in [1.54, 1.807) is 4.90 Å². The molecule has 2 aromatic rings. The number of amides is 1. The highest BCUT2D eigenvalue weighted by atomic mass is 35.5. The third kappa shape index (κ3) is 5.56. The van der Waals surface area contributed by atoms with Crippen LogP contribution in [0.3, 0.4) is 0 Å². The van der Waals surface area contributed by atoms with Crippen LogP contribution in [0.5, 0.6) is 0 Å². The number of hydrogen-bond acceptors (Lipinski definition) is 1. The lowest BCUT2D eigenvalue weighted by Crippen LogP contribution is -3.09. The van der Waals surface area contributed by atoms with Gasteiger partial charge in [-0.15, -0.1) is 0 Å². The molecule has 0 bridgehead atoms. The van der Waals surface area contributed by atoms with E-state index < -0.39 is 0 Å². The molecular formula is C21H28ClN3O+2. The number of carbonyl (C=O) groups excluding carboxylic acids is 1. The predicted molar refractivity (Wildman–Crippen MR) is 104 cm³/mol. The number of hydrogen-bond donors (Lipinski definition) is 3. The molecule has 5 heteroatoms. The number of rotatable bonds is 7. The second-order valence-electron chi connectivity index (χ2n) is 7.20. The van der Waals surface area contributed by atoms with E-state index in [1.165, 1.54) is 11.1 Å². The van der Waals surface area contributed by atoms with Crippen molar-refractivity contribution in [2.45, 2.75) is 32.0 Å². The van der Waals surface area contributed by atoms with Crippen LogP contribution in [0.1, 0.15) is 30.5 Å². The molecule has 3 atom stereocenters. The molecule has 0 radical (unpaired) electrons. The molecule has 0 spiro atoms. The van der Waals surface area contributed by atoms with Crippen molar-refractivity contribution in [3.05, 3.63) is 70.7 Å². The normalized spacial score (nSPS) is 20.7. The van der Waals surface area contributed by atoms with Crippen LogP contribution in [0.15, 0.2) is 54.6 Å². The van der Waals surface area contributed by atoms with Gasteiger partial charge in [-0.2, -0.15) is 0 Å². The van der Waals surface area contributed by atoms with Gasteiger partial charge in [-0.25, -0.2) is 0 Å². The van der Waals surface area contributed by atoms with Gasteiger partial charge < -0.3 is 15.5 Å². The molecule has 1 aliphatic heterocycles. The van der Waals surface area contributed by atoms with Crippen LogP contribution in [-0.4, -0.2) is 31.6 Å². The first-order valence-electron chi connectivity index (χ1n) is 9.36. The van der Waals surface area contributed by atoms with Crippen LogP contribution >= 0.6 is 11.6 Å². The zero-order valence-corrected chi connectivity index (χ0v) is 16.0. The van der Waals surface area contributed by atoms with E-state index in [2.05, 4.69) is 41.8 Å².